The minimum Gasteiger partial charge on any atom is -0.455 e. The number of carbonyl (C=O) groups excluding carboxylic acids is 3. The lowest BCUT2D eigenvalue weighted by molar-refractivity contribution is -0.157. The minimum absolute atomic E-state index is 0.386. The van der Waals surface area contributed by atoms with Gasteiger partial charge in [0.25, 0.3) is 11.8 Å². The van der Waals surface area contributed by atoms with Crippen molar-refractivity contribution in [1.82, 2.24) is 10.9 Å². The molecule has 8 heteroatoms. The van der Waals surface area contributed by atoms with Crippen LogP contribution < -0.4 is 10.9 Å². The molecular formula is C20H18BrClN2O4. The Morgan fingerprint density at radius 3 is 2.21 bits per heavy atom. The van der Waals surface area contributed by atoms with Crippen molar-refractivity contribution in [3.63, 3.8) is 0 Å². The molecule has 1 aliphatic carbocycles. The molecule has 2 N–H and O–H groups in total. The Kier molecular flexibility index (Phi) is 6.36. The molecule has 3 rings (SSSR count). The maximum atomic E-state index is 12.6. The number of amides is 2. The van der Waals surface area contributed by atoms with Crippen LogP contribution in [0.5, 0.6) is 0 Å². The second kappa shape index (κ2) is 8.75. The monoisotopic (exact) mass is 464 g/mol. The summed E-state index contributed by atoms with van der Waals surface area (Å²) >= 11 is 9.19. The van der Waals surface area contributed by atoms with Gasteiger partial charge in [0.05, 0.1) is 5.41 Å². The molecule has 0 aliphatic heterocycles. The summed E-state index contributed by atoms with van der Waals surface area (Å²) in [4.78, 5) is 36.5. The Bertz CT molecular complexity index is 880. The van der Waals surface area contributed by atoms with Crippen LogP contribution in [0.3, 0.4) is 0 Å². The lowest BCUT2D eigenvalue weighted by atomic mass is 9.64. The number of carbonyl (C=O) groups is 3. The van der Waals surface area contributed by atoms with E-state index >= 15 is 0 Å². The van der Waals surface area contributed by atoms with E-state index in [2.05, 4.69) is 26.8 Å². The summed E-state index contributed by atoms with van der Waals surface area (Å²) in [5.41, 5.74) is 5.01. The Morgan fingerprint density at radius 2 is 1.64 bits per heavy atom. The van der Waals surface area contributed by atoms with Crippen LogP contribution in [-0.4, -0.2) is 24.4 Å². The highest BCUT2D eigenvalue weighted by Crippen LogP contribution is 2.45. The number of halogens is 2. The molecule has 0 radical (unpaired) electrons. The van der Waals surface area contributed by atoms with E-state index in [0.29, 0.717) is 23.4 Å². The highest BCUT2D eigenvalue weighted by molar-refractivity contribution is 9.10. The zero-order chi connectivity index (χ0) is 20.1. The fraction of sp³-hybridized carbons (Fsp3) is 0.250. The molecule has 0 aromatic heterocycles. The lowest BCUT2D eigenvalue weighted by Gasteiger charge is -2.39. The maximum absolute atomic E-state index is 12.6. The van der Waals surface area contributed by atoms with Gasteiger partial charge in [-0.25, -0.2) is 0 Å². The number of benzene rings is 2. The van der Waals surface area contributed by atoms with Crippen molar-refractivity contribution in [3.8, 4) is 0 Å². The Balaban J connectivity index is 1.51. The molecular weight excluding hydrogens is 448 g/mol. The van der Waals surface area contributed by atoms with Crippen LogP contribution in [0.4, 0.5) is 0 Å². The molecule has 2 amide bonds. The third kappa shape index (κ3) is 4.54. The quantitative estimate of drug-likeness (QED) is 0.523. The topological polar surface area (TPSA) is 84.5 Å². The van der Waals surface area contributed by atoms with Crippen molar-refractivity contribution in [3.05, 3.63) is 69.2 Å². The van der Waals surface area contributed by atoms with Gasteiger partial charge in [-0.2, -0.15) is 0 Å². The van der Waals surface area contributed by atoms with Crippen molar-refractivity contribution >= 4 is 45.3 Å². The molecule has 2 aromatic rings. The molecule has 1 saturated carbocycles. The first kappa shape index (κ1) is 20.4. The maximum Gasteiger partial charge on any atom is 0.317 e. The number of hydrogen-bond donors (Lipinski definition) is 2. The van der Waals surface area contributed by atoms with Gasteiger partial charge < -0.3 is 4.74 Å². The van der Waals surface area contributed by atoms with Gasteiger partial charge in [0.15, 0.2) is 6.61 Å². The zero-order valence-electron chi connectivity index (χ0n) is 14.8. The van der Waals surface area contributed by atoms with E-state index in [-0.39, 0.29) is 0 Å². The molecule has 2 aromatic carbocycles. The second-order valence-corrected chi connectivity index (χ2v) is 7.88. The highest BCUT2D eigenvalue weighted by atomic mass is 79.9. The summed E-state index contributed by atoms with van der Waals surface area (Å²) in [6.45, 7) is -0.477. The fourth-order valence-electron chi connectivity index (χ4n) is 3.02. The number of nitrogens with one attached hydrogen (secondary N) is 2. The van der Waals surface area contributed by atoms with E-state index in [4.69, 9.17) is 16.3 Å². The van der Waals surface area contributed by atoms with Crippen LogP contribution in [0.25, 0.3) is 0 Å². The van der Waals surface area contributed by atoms with E-state index < -0.39 is 29.8 Å². The van der Waals surface area contributed by atoms with E-state index in [1.165, 1.54) is 0 Å². The summed E-state index contributed by atoms with van der Waals surface area (Å²) < 4.78 is 6.05. The SMILES string of the molecule is O=C(COC(=O)C1(c2ccc(Cl)cc2)CCC1)NNC(=O)c1ccc(Br)cc1. The largest absolute Gasteiger partial charge is 0.455 e. The Labute approximate surface area is 175 Å². The molecule has 28 heavy (non-hydrogen) atoms. The molecule has 0 heterocycles. The predicted molar refractivity (Wildman–Crippen MR) is 108 cm³/mol. The van der Waals surface area contributed by atoms with Crippen LogP contribution >= 0.6 is 27.5 Å². The first-order chi connectivity index (χ1) is 13.4. The predicted octanol–water partition coefficient (Wildman–Crippen LogP) is 3.53. The molecule has 0 bridgehead atoms. The number of esters is 1. The fourth-order valence-corrected chi connectivity index (χ4v) is 3.41. The van der Waals surface area contributed by atoms with Crippen molar-refractivity contribution in [1.29, 1.82) is 0 Å². The van der Waals surface area contributed by atoms with Crippen LogP contribution in [0.1, 0.15) is 35.2 Å². The van der Waals surface area contributed by atoms with Crippen LogP contribution in [0.2, 0.25) is 5.02 Å². The van der Waals surface area contributed by atoms with Crippen molar-refractivity contribution < 1.29 is 19.1 Å². The van der Waals surface area contributed by atoms with Crippen LogP contribution in [-0.2, 0) is 19.7 Å². The standard InChI is InChI=1S/C20H18BrClN2O4/c21-15-6-2-13(3-7-15)18(26)24-23-17(25)12-28-19(27)20(10-1-11-20)14-4-8-16(22)9-5-14/h2-9H,1,10-12H2,(H,23,25)(H,24,26). The third-order valence-electron chi connectivity index (χ3n) is 4.75. The van der Waals surface area contributed by atoms with Crippen molar-refractivity contribution in [2.75, 3.05) is 6.61 Å². The van der Waals surface area contributed by atoms with Gasteiger partial charge >= 0.3 is 5.97 Å². The summed E-state index contributed by atoms with van der Waals surface area (Å²) in [6.07, 6.45) is 2.23. The first-order valence-electron chi connectivity index (χ1n) is 8.69. The molecule has 1 fully saturated rings. The highest BCUT2D eigenvalue weighted by Gasteiger charge is 2.47. The van der Waals surface area contributed by atoms with Crippen molar-refractivity contribution in [2.24, 2.45) is 0 Å². The third-order valence-corrected chi connectivity index (χ3v) is 5.53. The van der Waals surface area contributed by atoms with Gasteiger partial charge in [0.2, 0.25) is 0 Å². The number of hydrogen-bond acceptors (Lipinski definition) is 4. The van der Waals surface area contributed by atoms with E-state index in [1.54, 1.807) is 48.5 Å². The molecule has 6 nitrogen and oxygen atoms in total. The van der Waals surface area contributed by atoms with Gasteiger partial charge in [-0.15, -0.1) is 0 Å². The van der Waals surface area contributed by atoms with Gasteiger partial charge in [0, 0.05) is 15.1 Å². The first-order valence-corrected chi connectivity index (χ1v) is 9.86. The Morgan fingerprint density at radius 1 is 1.00 bits per heavy atom. The van der Waals surface area contributed by atoms with Gasteiger partial charge in [-0.05, 0) is 54.8 Å². The van der Waals surface area contributed by atoms with Crippen molar-refractivity contribution in [2.45, 2.75) is 24.7 Å². The summed E-state index contributed by atoms with van der Waals surface area (Å²) in [5.74, 6) is -1.54. The summed E-state index contributed by atoms with van der Waals surface area (Å²) in [5, 5.41) is 0.590. The lowest BCUT2D eigenvalue weighted by Crippen LogP contribution is -2.47. The second-order valence-electron chi connectivity index (χ2n) is 6.53. The van der Waals surface area contributed by atoms with Gasteiger partial charge in [-0.1, -0.05) is 46.1 Å². The molecule has 0 atom stereocenters. The smallest absolute Gasteiger partial charge is 0.317 e. The molecule has 0 spiro atoms. The van der Waals surface area contributed by atoms with Gasteiger partial charge in [-0.3, -0.25) is 25.2 Å². The zero-order valence-corrected chi connectivity index (χ0v) is 17.2. The number of rotatable bonds is 5. The molecule has 1 aliphatic rings. The average molecular weight is 466 g/mol. The van der Waals surface area contributed by atoms with Crippen LogP contribution in [0, 0.1) is 0 Å². The molecule has 146 valence electrons. The summed E-state index contributed by atoms with van der Waals surface area (Å²) in [6, 6.07) is 13.7. The van der Waals surface area contributed by atoms with E-state index in [9.17, 15) is 14.4 Å². The number of ether oxygens (including phenoxy) is 1. The van der Waals surface area contributed by atoms with Crippen LogP contribution in [0.15, 0.2) is 53.0 Å². The average Bonchev–Trinajstić information content (AvgIpc) is 2.65. The minimum atomic E-state index is -0.731. The Hall–Kier alpha value is -2.38. The number of hydrazine groups is 1. The summed E-state index contributed by atoms with van der Waals surface area (Å²) in [7, 11) is 0. The van der Waals surface area contributed by atoms with Gasteiger partial charge in [0.1, 0.15) is 0 Å². The van der Waals surface area contributed by atoms with E-state index in [1.807, 2.05) is 0 Å². The molecule has 0 saturated heterocycles. The van der Waals surface area contributed by atoms with E-state index in [0.717, 1.165) is 16.5 Å². The normalized spacial score (nSPS) is 14.5. The molecule has 0 unspecified atom stereocenters.